The summed E-state index contributed by atoms with van der Waals surface area (Å²) < 4.78 is 5.84. The molecule has 2 rings (SSSR count). The number of hydrogen-bond acceptors (Lipinski definition) is 3. The lowest BCUT2D eigenvalue weighted by Gasteiger charge is -2.27. The first kappa shape index (κ1) is 12.6. The van der Waals surface area contributed by atoms with Crippen molar-refractivity contribution in [1.29, 1.82) is 0 Å². The highest BCUT2D eigenvalue weighted by atomic mass is 79.9. The molecule has 1 aromatic rings. The van der Waals surface area contributed by atoms with E-state index < -0.39 is 5.54 Å². The number of aliphatic hydroxyl groups is 1. The molecule has 0 saturated heterocycles. The van der Waals surface area contributed by atoms with Crippen molar-refractivity contribution in [2.75, 3.05) is 6.61 Å². The number of halogens is 1. The normalized spacial score (nSPS) is 18.3. The molecule has 0 unspecified atom stereocenters. The van der Waals surface area contributed by atoms with Gasteiger partial charge in [-0.3, -0.25) is 4.79 Å². The van der Waals surface area contributed by atoms with Crippen molar-refractivity contribution < 1.29 is 14.3 Å². The monoisotopic (exact) mass is 301 g/mol. The molecule has 5 heteroatoms. The molecule has 0 radical (unpaired) electrons. The van der Waals surface area contributed by atoms with Crippen LogP contribution >= 0.6 is 15.9 Å². The van der Waals surface area contributed by atoms with E-state index in [4.69, 9.17) is 4.42 Å². The third-order valence-corrected chi connectivity index (χ3v) is 3.73. The molecule has 0 bridgehead atoms. The SMILES string of the molecule is Cc1cc(Br)oc1C(=O)NC1(CO)CCCC1. The van der Waals surface area contributed by atoms with Crippen LogP contribution in [0.25, 0.3) is 0 Å². The zero-order valence-corrected chi connectivity index (χ0v) is 11.3. The molecule has 1 aliphatic carbocycles. The fraction of sp³-hybridized carbons (Fsp3) is 0.583. The van der Waals surface area contributed by atoms with Gasteiger partial charge in [-0.15, -0.1) is 0 Å². The standard InChI is InChI=1S/C12H16BrNO3/c1-8-6-9(13)17-10(8)11(16)14-12(7-15)4-2-3-5-12/h6,15H,2-5,7H2,1H3,(H,14,16). The zero-order chi connectivity index (χ0) is 12.5. The van der Waals surface area contributed by atoms with Crippen LogP contribution in [-0.4, -0.2) is 23.2 Å². The summed E-state index contributed by atoms with van der Waals surface area (Å²) in [7, 11) is 0. The molecule has 1 aromatic heterocycles. The van der Waals surface area contributed by atoms with Crippen LogP contribution in [0.1, 0.15) is 41.8 Å². The second kappa shape index (κ2) is 4.82. The van der Waals surface area contributed by atoms with Crippen molar-refractivity contribution in [3.63, 3.8) is 0 Å². The van der Waals surface area contributed by atoms with E-state index in [2.05, 4.69) is 21.2 Å². The summed E-state index contributed by atoms with van der Waals surface area (Å²) in [6, 6.07) is 1.76. The Hall–Kier alpha value is -0.810. The Kier molecular flexibility index (Phi) is 3.58. The van der Waals surface area contributed by atoms with Crippen LogP contribution in [0.2, 0.25) is 0 Å². The Morgan fingerprint density at radius 3 is 2.71 bits per heavy atom. The van der Waals surface area contributed by atoms with Crippen LogP contribution in [0.5, 0.6) is 0 Å². The summed E-state index contributed by atoms with van der Waals surface area (Å²) in [6.45, 7) is 1.81. The first-order valence-electron chi connectivity index (χ1n) is 5.76. The summed E-state index contributed by atoms with van der Waals surface area (Å²) in [4.78, 5) is 12.1. The van der Waals surface area contributed by atoms with Crippen LogP contribution in [0, 0.1) is 6.92 Å². The lowest BCUT2D eigenvalue weighted by molar-refractivity contribution is 0.0808. The summed E-state index contributed by atoms with van der Waals surface area (Å²) in [6.07, 6.45) is 3.75. The Balaban J connectivity index is 2.13. The fourth-order valence-electron chi connectivity index (χ4n) is 2.34. The van der Waals surface area contributed by atoms with Gasteiger partial charge in [0.1, 0.15) is 0 Å². The first-order chi connectivity index (χ1) is 8.06. The number of aryl methyl sites for hydroxylation is 1. The molecular formula is C12H16BrNO3. The first-order valence-corrected chi connectivity index (χ1v) is 6.55. The highest BCUT2D eigenvalue weighted by Crippen LogP contribution is 2.30. The maximum atomic E-state index is 12.1. The van der Waals surface area contributed by atoms with Crippen molar-refractivity contribution >= 4 is 21.8 Å². The van der Waals surface area contributed by atoms with Gasteiger partial charge in [0.05, 0.1) is 12.1 Å². The van der Waals surface area contributed by atoms with Gasteiger partial charge in [0, 0.05) is 5.56 Å². The van der Waals surface area contributed by atoms with Crippen LogP contribution in [0.4, 0.5) is 0 Å². The lowest BCUT2D eigenvalue weighted by atomic mass is 9.98. The van der Waals surface area contributed by atoms with Gasteiger partial charge in [0.15, 0.2) is 10.4 Å². The summed E-state index contributed by atoms with van der Waals surface area (Å²) in [5.41, 5.74) is 0.337. The van der Waals surface area contributed by atoms with Crippen molar-refractivity contribution in [1.82, 2.24) is 5.32 Å². The number of rotatable bonds is 3. The number of amides is 1. The Bertz CT molecular complexity index is 421. The summed E-state index contributed by atoms with van der Waals surface area (Å²) >= 11 is 3.20. The zero-order valence-electron chi connectivity index (χ0n) is 9.75. The molecule has 4 nitrogen and oxygen atoms in total. The molecule has 0 spiro atoms. The third kappa shape index (κ3) is 2.55. The number of carbonyl (C=O) groups is 1. The van der Waals surface area contributed by atoms with Gasteiger partial charge in [-0.2, -0.15) is 0 Å². The van der Waals surface area contributed by atoms with E-state index in [1.165, 1.54) is 0 Å². The third-order valence-electron chi connectivity index (χ3n) is 3.34. The number of carbonyl (C=O) groups excluding carboxylic acids is 1. The van der Waals surface area contributed by atoms with Crippen molar-refractivity contribution in [3.8, 4) is 0 Å². The molecule has 2 N–H and O–H groups in total. The molecule has 94 valence electrons. The van der Waals surface area contributed by atoms with E-state index >= 15 is 0 Å². The van der Waals surface area contributed by atoms with Crippen LogP contribution in [0.3, 0.4) is 0 Å². The molecule has 0 aliphatic heterocycles. The van der Waals surface area contributed by atoms with Gasteiger partial charge >= 0.3 is 0 Å². The van der Waals surface area contributed by atoms with E-state index in [0.29, 0.717) is 10.4 Å². The minimum absolute atomic E-state index is 0.0142. The summed E-state index contributed by atoms with van der Waals surface area (Å²) in [5, 5.41) is 12.3. The topological polar surface area (TPSA) is 62.5 Å². The van der Waals surface area contributed by atoms with Crippen LogP contribution in [0.15, 0.2) is 15.2 Å². The second-order valence-electron chi connectivity index (χ2n) is 4.66. The molecule has 0 atom stereocenters. The van der Waals surface area contributed by atoms with Gasteiger partial charge in [0.25, 0.3) is 5.91 Å². The lowest BCUT2D eigenvalue weighted by Crippen LogP contribution is -2.49. The average Bonchev–Trinajstić information content (AvgIpc) is 2.86. The quantitative estimate of drug-likeness (QED) is 0.901. The number of nitrogens with one attached hydrogen (secondary N) is 1. The van der Waals surface area contributed by atoms with Gasteiger partial charge in [0.2, 0.25) is 0 Å². The Labute approximate surface area is 109 Å². The maximum Gasteiger partial charge on any atom is 0.287 e. The van der Waals surface area contributed by atoms with Crippen LogP contribution < -0.4 is 5.32 Å². The second-order valence-corrected chi connectivity index (χ2v) is 5.44. The fourth-order valence-corrected chi connectivity index (χ4v) is 2.85. The molecular weight excluding hydrogens is 286 g/mol. The number of hydrogen-bond donors (Lipinski definition) is 2. The van der Waals surface area contributed by atoms with Crippen LogP contribution in [-0.2, 0) is 0 Å². The van der Waals surface area contributed by atoms with E-state index in [1.807, 2.05) is 6.92 Å². The largest absolute Gasteiger partial charge is 0.444 e. The molecule has 1 amide bonds. The smallest absolute Gasteiger partial charge is 0.287 e. The van der Waals surface area contributed by atoms with E-state index in [1.54, 1.807) is 6.07 Å². The molecule has 1 fully saturated rings. The molecule has 1 heterocycles. The van der Waals surface area contributed by atoms with Gasteiger partial charge in [-0.1, -0.05) is 12.8 Å². The molecule has 0 aromatic carbocycles. The molecule has 17 heavy (non-hydrogen) atoms. The minimum atomic E-state index is -0.456. The Morgan fingerprint density at radius 1 is 1.59 bits per heavy atom. The van der Waals surface area contributed by atoms with Crippen molar-refractivity contribution in [2.45, 2.75) is 38.1 Å². The Morgan fingerprint density at radius 2 is 2.24 bits per heavy atom. The highest BCUT2D eigenvalue weighted by molar-refractivity contribution is 9.10. The van der Waals surface area contributed by atoms with E-state index in [-0.39, 0.29) is 12.5 Å². The van der Waals surface area contributed by atoms with E-state index in [0.717, 1.165) is 31.2 Å². The van der Waals surface area contributed by atoms with Gasteiger partial charge in [-0.25, -0.2) is 0 Å². The predicted octanol–water partition coefficient (Wildman–Crippen LogP) is 2.39. The number of furan rings is 1. The highest BCUT2D eigenvalue weighted by Gasteiger charge is 2.35. The molecule has 1 saturated carbocycles. The minimum Gasteiger partial charge on any atom is -0.444 e. The van der Waals surface area contributed by atoms with Crippen molar-refractivity contribution in [2.24, 2.45) is 0 Å². The molecule has 1 aliphatic rings. The van der Waals surface area contributed by atoms with E-state index in [9.17, 15) is 9.90 Å². The predicted molar refractivity (Wildman–Crippen MR) is 66.9 cm³/mol. The van der Waals surface area contributed by atoms with Crippen molar-refractivity contribution in [3.05, 3.63) is 22.1 Å². The average molecular weight is 302 g/mol. The van der Waals surface area contributed by atoms with Gasteiger partial charge < -0.3 is 14.8 Å². The maximum absolute atomic E-state index is 12.1. The van der Waals surface area contributed by atoms with Gasteiger partial charge in [-0.05, 0) is 41.8 Å². The summed E-state index contributed by atoms with van der Waals surface area (Å²) in [5.74, 6) is 0.0701. The number of aliphatic hydroxyl groups excluding tert-OH is 1.